The summed E-state index contributed by atoms with van der Waals surface area (Å²) in [6, 6.07) is 6.23. The van der Waals surface area contributed by atoms with Gasteiger partial charge in [0.05, 0.1) is 28.1 Å². The van der Waals surface area contributed by atoms with Gasteiger partial charge in [-0.3, -0.25) is 4.99 Å². The highest BCUT2D eigenvalue weighted by Crippen LogP contribution is 2.30. The molecule has 2 aliphatic rings. The number of amidine groups is 1. The van der Waals surface area contributed by atoms with E-state index in [0.717, 1.165) is 33.3 Å². The van der Waals surface area contributed by atoms with Crippen LogP contribution in [0.4, 0.5) is 5.69 Å². The zero-order valence-electron chi connectivity index (χ0n) is 10.3. The van der Waals surface area contributed by atoms with Gasteiger partial charge in [0.1, 0.15) is 6.34 Å². The first kappa shape index (κ1) is 10.8. The third-order valence-corrected chi connectivity index (χ3v) is 4.08. The summed E-state index contributed by atoms with van der Waals surface area (Å²) in [6.45, 7) is 0. The number of anilines is 1. The highest BCUT2D eigenvalue weighted by atomic mass is 32.2. The third-order valence-electron chi connectivity index (χ3n) is 3.22. The Hall–Kier alpha value is -2.08. The van der Waals surface area contributed by atoms with Crippen molar-refractivity contribution < 1.29 is 0 Å². The monoisotopic (exact) mass is 269 g/mol. The first-order chi connectivity index (χ1) is 9.31. The molecular weight excluding hydrogens is 258 g/mol. The molecule has 94 valence electrons. The molecule has 0 unspecified atom stereocenters. The van der Waals surface area contributed by atoms with E-state index in [1.165, 1.54) is 0 Å². The molecule has 0 radical (unpaired) electrons. The molecule has 3 heterocycles. The van der Waals surface area contributed by atoms with E-state index in [2.05, 4.69) is 39.4 Å². The van der Waals surface area contributed by atoms with Gasteiger partial charge in [-0.25, -0.2) is 9.98 Å². The lowest BCUT2D eigenvalue weighted by Crippen LogP contribution is -2.19. The molecule has 0 atom stereocenters. The standard InChI is InChI=1S/C13H11N5S/c1-17-6-14-10-4-9(2-3-11(10)17)18-5-12-13(15-7-18)16-8-19-12/h2-7H,8H2,1H3. The van der Waals surface area contributed by atoms with Gasteiger partial charge in [0, 0.05) is 18.9 Å². The number of hydrogen-bond donors (Lipinski definition) is 0. The van der Waals surface area contributed by atoms with Gasteiger partial charge >= 0.3 is 0 Å². The van der Waals surface area contributed by atoms with Crippen LogP contribution in [-0.4, -0.2) is 27.6 Å². The van der Waals surface area contributed by atoms with E-state index in [1.807, 2.05) is 22.8 Å². The number of hydrogen-bond acceptors (Lipinski definition) is 5. The molecule has 0 fully saturated rings. The van der Waals surface area contributed by atoms with Crippen molar-refractivity contribution in [3.05, 3.63) is 35.6 Å². The second kappa shape index (κ2) is 3.96. The fraction of sp³-hybridized carbons (Fsp3) is 0.154. The molecule has 0 N–H and O–H groups in total. The number of imidazole rings is 1. The Morgan fingerprint density at radius 3 is 3.21 bits per heavy atom. The van der Waals surface area contributed by atoms with E-state index in [9.17, 15) is 0 Å². The molecule has 0 amide bonds. The highest BCUT2D eigenvalue weighted by Gasteiger charge is 2.19. The first-order valence-electron chi connectivity index (χ1n) is 5.94. The Morgan fingerprint density at radius 2 is 2.26 bits per heavy atom. The average molecular weight is 269 g/mol. The van der Waals surface area contributed by atoms with Crippen LogP contribution in [-0.2, 0) is 7.05 Å². The van der Waals surface area contributed by atoms with Gasteiger partial charge in [-0.15, -0.1) is 0 Å². The molecule has 2 aromatic rings. The number of aliphatic imine (C=N–C) groups is 2. The minimum Gasteiger partial charge on any atom is -0.334 e. The summed E-state index contributed by atoms with van der Waals surface area (Å²) in [5.74, 6) is 1.62. The molecule has 5 nitrogen and oxygen atoms in total. The van der Waals surface area contributed by atoms with Crippen molar-refractivity contribution in [2.24, 2.45) is 17.0 Å². The van der Waals surface area contributed by atoms with Gasteiger partial charge in [0.25, 0.3) is 0 Å². The zero-order chi connectivity index (χ0) is 12.8. The summed E-state index contributed by atoms with van der Waals surface area (Å²) >= 11 is 1.71. The van der Waals surface area contributed by atoms with Gasteiger partial charge in [-0.1, -0.05) is 11.8 Å². The number of nitrogens with zero attached hydrogens (tertiary/aromatic N) is 5. The summed E-state index contributed by atoms with van der Waals surface area (Å²) in [5.41, 5.74) is 3.18. The lowest BCUT2D eigenvalue weighted by Gasteiger charge is -2.19. The maximum absolute atomic E-state index is 4.38. The molecule has 0 bridgehead atoms. The molecule has 4 rings (SSSR count). The maximum Gasteiger partial charge on any atom is 0.165 e. The lowest BCUT2D eigenvalue weighted by molar-refractivity contribution is 0.947. The molecule has 19 heavy (non-hydrogen) atoms. The molecule has 0 saturated carbocycles. The van der Waals surface area contributed by atoms with Crippen LogP contribution in [0.5, 0.6) is 0 Å². The second-order valence-electron chi connectivity index (χ2n) is 4.43. The summed E-state index contributed by atoms with van der Waals surface area (Å²) in [4.78, 5) is 16.2. The van der Waals surface area contributed by atoms with Crippen LogP contribution in [0.3, 0.4) is 0 Å². The van der Waals surface area contributed by atoms with Crippen molar-refractivity contribution in [1.29, 1.82) is 0 Å². The predicted octanol–water partition coefficient (Wildman–Crippen LogP) is 2.37. The minimum atomic E-state index is 0.769. The van der Waals surface area contributed by atoms with Crippen molar-refractivity contribution >= 4 is 40.7 Å². The van der Waals surface area contributed by atoms with E-state index in [1.54, 1.807) is 18.1 Å². The first-order valence-corrected chi connectivity index (χ1v) is 6.93. The van der Waals surface area contributed by atoms with Crippen LogP contribution >= 0.6 is 11.8 Å². The molecular formula is C13H11N5S. The summed E-state index contributed by atoms with van der Waals surface area (Å²) in [6.07, 6.45) is 5.71. The molecule has 2 aliphatic heterocycles. The lowest BCUT2D eigenvalue weighted by atomic mass is 10.2. The molecule has 6 heteroatoms. The smallest absolute Gasteiger partial charge is 0.165 e. The number of aryl methyl sites for hydroxylation is 1. The number of benzene rings is 1. The second-order valence-corrected chi connectivity index (χ2v) is 5.42. The summed E-state index contributed by atoms with van der Waals surface area (Å²) < 4.78 is 2.01. The van der Waals surface area contributed by atoms with Crippen molar-refractivity contribution in [3.8, 4) is 0 Å². The predicted molar refractivity (Wildman–Crippen MR) is 79.7 cm³/mol. The van der Waals surface area contributed by atoms with Gasteiger partial charge in [-0.2, -0.15) is 0 Å². The quantitative estimate of drug-likeness (QED) is 0.798. The van der Waals surface area contributed by atoms with E-state index in [0.29, 0.717) is 0 Å². The van der Waals surface area contributed by atoms with Crippen LogP contribution in [0.15, 0.2) is 45.6 Å². The van der Waals surface area contributed by atoms with Gasteiger partial charge in [0.15, 0.2) is 5.84 Å². The van der Waals surface area contributed by atoms with Crippen LogP contribution in [0.1, 0.15) is 0 Å². The van der Waals surface area contributed by atoms with E-state index in [4.69, 9.17) is 0 Å². The SMILES string of the molecule is Cn1cnc2cc(N3C=NC4=NCSC4=C3)ccc21. The van der Waals surface area contributed by atoms with Crippen LogP contribution < -0.4 is 4.90 Å². The topological polar surface area (TPSA) is 45.8 Å². The zero-order valence-corrected chi connectivity index (χ0v) is 11.1. The number of rotatable bonds is 1. The fourth-order valence-electron chi connectivity index (χ4n) is 2.21. The molecule has 0 aliphatic carbocycles. The van der Waals surface area contributed by atoms with Crippen LogP contribution in [0.25, 0.3) is 11.0 Å². The largest absolute Gasteiger partial charge is 0.334 e. The van der Waals surface area contributed by atoms with Gasteiger partial charge in [0.2, 0.25) is 0 Å². The molecule has 0 spiro atoms. The van der Waals surface area contributed by atoms with E-state index in [-0.39, 0.29) is 0 Å². The number of thioether (sulfide) groups is 1. The van der Waals surface area contributed by atoms with Gasteiger partial charge < -0.3 is 9.47 Å². The molecule has 1 aromatic heterocycles. The Morgan fingerprint density at radius 1 is 1.32 bits per heavy atom. The van der Waals surface area contributed by atoms with Gasteiger partial charge in [-0.05, 0) is 18.2 Å². The maximum atomic E-state index is 4.38. The van der Waals surface area contributed by atoms with Crippen molar-refractivity contribution in [3.63, 3.8) is 0 Å². The summed E-state index contributed by atoms with van der Waals surface area (Å²) in [5, 5.41) is 0. The van der Waals surface area contributed by atoms with Crippen LogP contribution in [0, 0.1) is 0 Å². The minimum absolute atomic E-state index is 0.769. The number of fused-ring (bicyclic) bond motifs is 2. The fourth-order valence-corrected chi connectivity index (χ4v) is 2.97. The van der Waals surface area contributed by atoms with Crippen molar-refractivity contribution in [2.45, 2.75) is 0 Å². The Kier molecular flexibility index (Phi) is 2.25. The average Bonchev–Trinajstić information content (AvgIpc) is 3.04. The Bertz CT molecular complexity index is 755. The van der Waals surface area contributed by atoms with Crippen molar-refractivity contribution in [2.75, 3.05) is 10.8 Å². The normalized spacial score (nSPS) is 17.6. The van der Waals surface area contributed by atoms with E-state index >= 15 is 0 Å². The molecule has 1 aromatic carbocycles. The summed E-state index contributed by atoms with van der Waals surface area (Å²) in [7, 11) is 2.00. The third kappa shape index (κ3) is 1.67. The number of aromatic nitrogens is 2. The molecule has 0 saturated heterocycles. The Balaban J connectivity index is 1.77. The van der Waals surface area contributed by atoms with Crippen LogP contribution in [0.2, 0.25) is 0 Å². The van der Waals surface area contributed by atoms with E-state index < -0.39 is 0 Å². The van der Waals surface area contributed by atoms with Crippen molar-refractivity contribution in [1.82, 2.24) is 9.55 Å². The highest BCUT2D eigenvalue weighted by molar-refractivity contribution is 8.04. The Labute approximate surface area is 114 Å².